The number of nitrogens with two attached hydrogens (primary N) is 1. The predicted molar refractivity (Wildman–Crippen MR) is 55.0 cm³/mol. The van der Waals surface area contributed by atoms with Crippen molar-refractivity contribution in [3.05, 3.63) is 30.6 Å². The fourth-order valence-electron chi connectivity index (χ4n) is 1.16. The van der Waals surface area contributed by atoms with Gasteiger partial charge in [0.1, 0.15) is 0 Å². The highest BCUT2D eigenvalue weighted by atomic mass is 16.1. The Bertz CT molecular complexity index is 330. The van der Waals surface area contributed by atoms with Crippen molar-refractivity contribution in [1.29, 1.82) is 0 Å². The number of hydrogen-bond acceptors (Lipinski definition) is 3. The van der Waals surface area contributed by atoms with Gasteiger partial charge in [0.25, 0.3) is 0 Å². The van der Waals surface area contributed by atoms with Crippen LogP contribution < -0.4 is 5.73 Å². The highest BCUT2D eigenvalue weighted by Crippen LogP contribution is 2.04. The van der Waals surface area contributed by atoms with Gasteiger partial charge in [-0.15, -0.1) is 6.58 Å². The number of carbonyl (C=O) groups is 1. The Hall–Kier alpha value is -1.42. The quantitative estimate of drug-likeness (QED) is 0.560. The van der Waals surface area contributed by atoms with E-state index in [1.807, 2.05) is 6.92 Å². The summed E-state index contributed by atoms with van der Waals surface area (Å²) in [5, 5.41) is 4.01. The summed E-state index contributed by atoms with van der Waals surface area (Å²) in [5.74, 6) is -0.0791. The molecule has 14 heavy (non-hydrogen) atoms. The maximum absolute atomic E-state index is 11.6. The van der Waals surface area contributed by atoms with Gasteiger partial charge in [-0.1, -0.05) is 6.08 Å². The van der Waals surface area contributed by atoms with E-state index in [1.165, 1.54) is 0 Å². The van der Waals surface area contributed by atoms with Crippen molar-refractivity contribution in [3.63, 3.8) is 0 Å². The molecule has 4 heteroatoms. The molecule has 1 unspecified atom stereocenters. The van der Waals surface area contributed by atoms with Gasteiger partial charge < -0.3 is 5.73 Å². The zero-order valence-corrected chi connectivity index (χ0v) is 8.31. The molecule has 76 valence electrons. The molecule has 1 aromatic rings. The van der Waals surface area contributed by atoms with Gasteiger partial charge in [-0.2, -0.15) is 5.10 Å². The first-order chi connectivity index (χ1) is 6.69. The Morgan fingerprint density at radius 3 is 3.07 bits per heavy atom. The minimum atomic E-state index is -0.498. The molecule has 0 amide bonds. The second kappa shape index (κ2) is 4.72. The summed E-state index contributed by atoms with van der Waals surface area (Å²) in [6, 6.07) is -0.498. The minimum Gasteiger partial charge on any atom is -0.321 e. The molecule has 1 aromatic heterocycles. The molecular formula is C10H15N3O. The van der Waals surface area contributed by atoms with Crippen LogP contribution in [-0.4, -0.2) is 21.6 Å². The average Bonchev–Trinajstić information content (AvgIpc) is 2.65. The van der Waals surface area contributed by atoms with E-state index >= 15 is 0 Å². The van der Waals surface area contributed by atoms with Crippen LogP contribution in [0.3, 0.4) is 0 Å². The molecular weight excluding hydrogens is 178 g/mol. The second-order valence-electron chi connectivity index (χ2n) is 3.08. The molecule has 1 atom stereocenters. The molecule has 4 nitrogen and oxygen atoms in total. The third-order valence-electron chi connectivity index (χ3n) is 2.00. The second-order valence-corrected chi connectivity index (χ2v) is 3.08. The molecule has 0 aliphatic rings. The summed E-state index contributed by atoms with van der Waals surface area (Å²) in [4.78, 5) is 11.6. The largest absolute Gasteiger partial charge is 0.321 e. The lowest BCUT2D eigenvalue weighted by atomic mass is 10.1. The van der Waals surface area contributed by atoms with E-state index in [1.54, 1.807) is 23.2 Å². The number of aromatic nitrogens is 2. The van der Waals surface area contributed by atoms with Crippen molar-refractivity contribution in [2.24, 2.45) is 5.73 Å². The monoisotopic (exact) mass is 193 g/mol. The predicted octanol–water partition coefficient (Wildman–Crippen LogP) is 0.989. The molecule has 0 aliphatic heterocycles. The number of nitrogens with zero attached hydrogens (tertiary/aromatic N) is 2. The number of Topliss-reactive ketones (excluding diaryl/α,β-unsaturated/α-hetero) is 1. The Kier molecular flexibility index (Phi) is 3.59. The first-order valence-electron chi connectivity index (χ1n) is 4.62. The van der Waals surface area contributed by atoms with Crippen LogP contribution in [0.4, 0.5) is 0 Å². The van der Waals surface area contributed by atoms with Crippen LogP contribution in [0, 0.1) is 0 Å². The highest BCUT2D eigenvalue weighted by molar-refractivity contribution is 5.99. The van der Waals surface area contributed by atoms with Gasteiger partial charge in [-0.3, -0.25) is 9.48 Å². The number of aryl methyl sites for hydroxylation is 1. The SMILES string of the molecule is C=CCC(N)C(=O)c1cnn(CC)c1. The summed E-state index contributed by atoms with van der Waals surface area (Å²) in [7, 11) is 0. The van der Waals surface area contributed by atoms with Gasteiger partial charge in [0, 0.05) is 12.7 Å². The Balaban J connectivity index is 2.73. The zero-order valence-electron chi connectivity index (χ0n) is 8.31. The van der Waals surface area contributed by atoms with Crippen molar-refractivity contribution in [3.8, 4) is 0 Å². The first kappa shape index (κ1) is 10.7. The van der Waals surface area contributed by atoms with Gasteiger partial charge in [-0.05, 0) is 13.3 Å². The van der Waals surface area contributed by atoms with Crippen molar-refractivity contribution >= 4 is 5.78 Å². The van der Waals surface area contributed by atoms with E-state index in [4.69, 9.17) is 5.73 Å². The van der Waals surface area contributed by atoms with Gasteiger partial charge >= 0.3 is 0 Å². The van der Waals surface area contributed by atoms with E-state index < -0.39 is 6.04 Å². The summed E-state index contributed by atoms with van der Waals surface area (Å²) in [6.07, 6.45) is 5.41. The van der Waals surface area contributed by atoms with E-state index in [-0.39, 0.29) is 5.78 Å². The number of carbonyl (C=O) groups excluding carboxylic acids is 1. The summed E-state index contributed by atoms with van der Waals surface area (Å²) in [6.45, 7) is 6.26. The lowest BCUT2D eigenvalue weighted by Gasteiger charge is -2.04. The molecule has 0 saturated heterocycles. The maximum atomic E-state index is 11.6. The molecule has 0 bridgehead atoms. The van der Waals surface area contributed by atoms with Crippen LogP contribution in [0.2, 0.25) is 0 Å². The molecule has 0 saturated carbocycles. The normalized spacial score (nSPS) is 12.4. The van der Waals surface area contributed by atoms with Crippen molar-refractivity contribution < 1.29 is 4.79 Å². The minimum absolute atomic E-state index is 0.0791. The Morgan fingerprint density at radius 1 is 1.86 bits per heavy atom. The first-order valence-corrected chi connectivity index (χ1v) is 4.62. The van der Waals surface area contributed by atoms with Crippen LogP contribution >= 0.6 is 0 Å². The molecule has 2 N–H and O–H groups in total. The van der Waals surface area contributed by atoms with Crippen molar-refractivity contribution in [1.82, 2.24) is 9.78 Å². The Labute approximate surface area is 83.4 Å². The average molecular weight is 193 g/mol. The third-order valence-corrected chi connectivity index (χ3v) is 2.00. The smallest absolute Gasteiger partial charge is 0.182 e. The van der Waals surface area contributed by atoms with E-state index in [0.29, 0.717) is 12.0 Å². The molecule has 1 heterocycles. The summed E-state index contributed by atoms with van der Waals surface area (Å²) >= 11 is 0. The molecule has 1 rings (SSSR count). The van der Waals surface area contributed by atoms with Gasteiger partial charge in [0.05, 0.1) is 17.8 Å². The van der Waals surface area contributed by atoms with Crippen LogP contribution in [0.5, 0.6) is 0 Å². The van der Waals surface area contributed by atoms with Crippen LogP contribution in [0.25, 0.3) is 0 Å². The molecule has 0 fully saturated rings. The number of rotatable bonds is 5. The fraction of sp³-hybridized carbons (Fsp3) is 0.400. The maximum Gasteiger partial charge on any atom is 0.182 e. The lowest BCUT2D eigenvalue weighted by Crippen LogP contribution is -2.29. The van der Waals surface area contributed by atoms with Crippen LogP contribution in [0.1, 0.15) is 23.7 Å². The Morgan fingerprint density at radius 2 is 2.57 bits per heavy atom. The fourth-order valence-corrected chi connectivity index (χ4v) is 1.16. The molecule has 0 aliphatic carbocycles. The number of ketones is 1. The molecule has 0 radical (unpaired) electrons. The molecule has 0 aromatic carbocycles. The van der Waals surface area contributed by atoms with E-state index in [0.717, 1.165) is 6.54 Å². The number of hydrogen-bond donors (Lipinski definition) is 1. The standard InChI is InChI=1S/C10H15N3O/c1-3-5-9(11)10(14)8-6-12-13(4-2)7-8/h3,6-7,9H,1,4-5,11H2,2H3. The summed E-state index contributed by atoms with van der Waals surface area (Å²) < 4.78 is 1.70. The van der Waals surface area contributed by atoms with Crippen molar-refractivity contribution in [2.75, 3.05) is 0 Å². The summed E-state index contributed by atoms with van der Waals surface area (Å²) in [5.41, 5.74) is 6.22. The van der Waals surface area contributed by atoms with Crippen LogP contribution in [0.15, 0.2) is 25.0 Å². The lowest BCUT2D eigenvalue weighted by molar-refractivity contribution is 0.0962. The van der Waals surface area contributed by atoms with Gasteiger partial charge in [-0.25, -0.2) is 0 Å². The van der Waals surface area contributed by atoms with Crippen LogP contribution in [-0.2, 0) is 6.54 Å². The van der Waals surface area contributed by atoms with E-state index in [2.05, 4.69) is 11.7 Å². The topological polar surface area (TPSA) is 60.9 Å². The molecule has 0 spiro atoms. The highest BCUT2D eigenvalue weighted by Gasteiger charge is 2.15. The van der Waals surface area contributed by atoms with Gasteiger partial charge in [0.2, 0.25) is 0 Å². The zero-order chi connectivity index (χ0) is 10.6. The van der Waals surface area contributed by atoms with E-state index in [9.17, 15) is 4.79 Å². The van der Waals surface area contributed by atoms with Gasteiger partial charge in [0.15, 0.2) is 5.78 Å². The third kappa shape index (κ3) is 2.29. The van der Waals surface area contributed by atoms with Crippen molar-refractivity contribution in [2.45, 2.75) is 25.9 Å².